The highest BCUT2D eigenvalue weighted by Crippen LogP contribution is 2.31. The van der Waals surface area contributed by atoms with Crippen molar-refractivity contribution in [3.63, 3.8) is 0 Å². The van der Waals surface area contributed by atoms with Gasteiger partial charge in [0.15, 0.2) is 0 Å². The van der Waals surface area contributed by atoms with E-state index in [-0.39, 0.29) is 29.5 Å². The number of nitrogens with two attached hydrogens (primary N) is 1. The van der Waals surface area contributed by atoms with Gasteiger partial charge in [-0.1, -0.05) is 12.1 Å². The molecular formula is C15H13N3O3. The molecule has 3 rings (SSSR count). The first-order valence-electron chi connectivity index (χ1n) is 6.35. The minimum Gasteiger partial charge on any atom is -0.508 e. The quantitative estimate of drug-likeness (QED) is 0.547. The lowest BCUT2D eigenvalue weighted by molar-refractivity contribution is -0.115. The first-order valence-corrected chi connectivity index (χ1v) is 6.35. The molecule has 1 heterocycles. The maximum atomic E-state index is 12.6. The molecule has 6 nitrogen and oxygen atoms in total. The number of anilines is 3. The molecule has 0 aromatic heterocycles. The summed E-state index contributed by atoms with van der Waals surface area (Å²) in [6.07, 6.45) is 0. The number of phenols is 1. The summed E-state index contributed by atoms with van der Waals surface area (Å²) in [5, 5.41) is 12.2. The zero-order valence-electron chi connectivity index (χ0n) is 11.0. The maximum Gasteiger partial charge on any atom is 0.261 e. The van der Waals surface area contributed by atoms with Gasteiger partial charge < -0.3 is 16.2 Å². The van der Waals surface area contributed by atoms with E-state index in [1.54, 1.807) is 24.3 Å². The standard InChI is InChI=1S/C15H13N3O3/c16-11-6-5-9(19)7-10(11)15(21)18-8-14(20)17-12-3-1-2-4-13(12)18/h1-7,19H,8,16H2,(H,17,20). The van der Waals surface area contributed by atoms with E-state index in [4.69, 9.17) is 5.73 Å². The molecule has 0 radical (unpaired) electrons. The molecule has 2 aromatic rings. The number of hydrogen-bond donors (Lipinski definition) is 3. The van der Waals surface area contributed by atoms with Crippen molar-refractivity contribution < 1.29 is 14.7 Å². The summed E-state index contributed by atoms with van der Waals surface area (Å²) in [6.45, 7) is -0.0923. The Morgan fingerprint density at radius 3 is 2.81 bits per heavy atom. The van der Waals surface area contributed by atoms with Crippen LogP contribution in [0.4, 0.5) is 17.1 Å². The molecule has 0 aliphatic carbocycles. The van der Waals surface area contributed by atoms with Crippen LogP contribution in [0, 0.1) is 0 Å². The highest BCUT2D eigenvalue weighted by molar-refractivity contribution is 6.16. The molecule has 0 bridgehead atoms. The molecule has 2 aromatic carbocycles. The van der Waals surface area contributed by atoms with Crippen molar-refractivity contribution in [3.8, 4) is 5.75 Å². The predicted octanol–water partition coefficient (Wildman–Crippen LogP) is 1.57. The topological polar surface area (TPSA) is 95.7 Å². The summed E-state index contributed by atoms with van der Waals surface area (Å²) in [6, 6.07) is 11.2. The smallest absolute Gasteiger partial charge is 0.261 e. The predicted molar refractivity (Wildman–Crippen MR) is 79.3 cm³/mol. The van der Waals surface area contributed by atoms with Gasteiger partial charge in [0.1, 0.15) is 12.3 Å². The molecule has 0 saturated carbocycles. The van der Waals surface area contributed by atoms with Crippen LogP contribution >= 0.6 is 0 Å². The fourth-order valence-electron chi connectivity index (χ4n) is 2.29. The summed E-state index contributed by atoms with van der Waals surface area (Å²) >= 11 is 0. The number of carbonyl (C=O) groups is 2. The van der Waals surface area contributed by atoms with Gasteiger partial charge in [-0.3, -0.25) is 14.5 Å². The van der Waals surface area contributed by atoms with Crippen LogP contribution in [-0.2, 0) is 4.79 Å². The van der Waals surface area contributed by atoms with Gasteiger partial charge in [-0.2, -0.15) is 0 Å². The third-order valence-electron chi connectivity index (χ3n) is 3.28. The van der Waals surface area contributed by atoms with Crippen LogP contribution in [-0.4, -0.2) is 23.5 Å². The molecule has 0 fully saturated rings. The Bertz CT molecular complexity index is 743. The second-order valence-corrected chi connectivity index (χ2v) is 4.73. The van der Waals surface area contributed by atoms with Gasteiger partial charge in [0, 0.05) is 5.69 Å². The summed E-state index contributed by atoms with van der Waals surface area (Å²) in [7, 11) is 0. The lowest BCUT2D eigenvalue weighted by Crippen LogP contribution is -2.42. The zero-order chi connectivity index (χ0) is 15.0. The molecule has 0 atom stereocenters. The van der Waals surface area contributed by atoms with Crippen LogP contribution < -0.4 is 16.0 Å². The molecule has 106 valence electrons. The lowest BCUT2D eigenvalue weighted by Gasteiger charge is -2.29. The maximum absolute atomic E-state index is 12.6. The molecule has 0 unspecified atom stereocenters. The first-order chi connectivity index (χ1) is 10.1. The van der Waals surface area contributed by atoms with Crippen molar-refractivity contribution >= 4 is 28.9 Å². The van der Waals surface area contributed by atoms with Crippen LogP contribution in [0.1, 0.15) is 10.4 Å². The Balaban J connectivity index is 2.06. The number of phenolic OH excluding ortho intramolecular Hbond substituents is 1. The normalized spacial score (nSPS) is 13.5. The van der Waals surface area contributed by atoms with Crippen LogP contribution in [0.3, 0.4) is 0 Å². The zero-order valence-corrected chi connectivity index (χ0v) is 11.0. The molecule has 21 heavy (non-hydrogen) atoms. The summed E-state index contributed by atoms with van der Waals surface area (Å²) in [5.74, 6) is -0.756. The number of aromatic hydroxyl groups is 1. The molecule has 4 N–H and O–H groups in total. The van der Waals surface area contributed by atoms with Crippen LogP contribution in [0.15, 0.2) is 42.5 Å². The third kappa shape index (κ3) is 2.27. The highest BCUT2D eigenvalue weighted by atomic mass is 16.3. The SMILES string of the molecule is Nc1ccc(O)cc1C(=O)N1CC(=O)Nc2ccccc21. The van der Waals surface area contributed by atoms with E-state index in [2.05, 4.69) is 5.32 Å². The van der Waals surface area contributed by atoms with Crippen molar-refractivity contribution in [2.24, 2.45) is 0 Å². The number of hydrogen-bond acceptors (Lipinski definition) is 4. The van der Waals surface area contributed by atoms with Crippen molar-refractivity contribution in [1.29, 1.82) is 0 Å². The molecule has 6 heteroatoms. The van der Waals surface area contributed by atoms with E-state index in [1.807, 2.05) is 0 Å². The van der Waals surface area contributed by atoms with Crippen LogP contribution in [0.25, 0.3) is 0 Å². The number of benzene rings is 2. The average molecular weight is 283 g/mol. The van der Waals surface area contributed by atoms with Crippen LogP contribution in [0.5, 0.6) is 5.75 Å². The number of carbonyl (C=O) groups excluding carboxylic acids is 2. The van der Waals surface area contributed by atoms with E-state index >= 15 is 0 Å². The Labute approximate surface area is 120 Å². The lowest BCUT2D eigenvalue weighted by atomic mass is 10.1. The molecule has 0 saturated heterocycles. The minimum atomic E-state index is -0.425. The Hall–Kier alpha value is -3.02. The Morgan fingerprint density at radius 2 is 2.00 bits per heavy atom. The van der Waals surface area contributed by atoms with E-state index in [1.165, 1.54) is 23.1 Å². The number of para-hydroxylation sites is 2. The molecule has 0 spiro atoms. The van der Waals surface area contributed by atoms with E-state index in [0.29, 0.717) is 11.4 Å². The summed E-state index contributed by atoms with van der Waals surface area (Å²) < 4.78 is 0. The van der Waals surface area contributed by atoms with Gasteiger partial charge in [0.25, 0.3) is 5.91 Å². The van der Waals surface area contributed by atoms with Gasteiger partial charge in [0.05, 0.1) is 16.9 Å². The van der Waals surface area contributed by atoms with E-state index < -0.39 is 5.91 Å². The van der Waals surface area contributed by atoms with Gasteiger partial charge >= 0.3 is 0 Å². The fraction of sp³-hybridized carbons (Fsp3) is 0.0667. The second-order valence-electron chi connectivity index (χ2n) is 4.73. The van der Waals surface area contributed by atoms with Crippen LogP contribution in [0.2, 0.25) is 0 Å². The van der Waals surface area contributed by atoms with Gasteiger partial charge in [0.2, 0.25) is 5.91 Å². The van der Waals surface area contributed by atoms with Crippen molar-refractivity contribution in [3.05, 3.63) is 48.0 Å². The number of nitrogens with one attached hydrogen (secondary N) is 1. The number of nitrogens with zero attached hydrogens (tertiary/aromatic N) is 1. The van der Waals surface area contributed by atoms with Crippen molar-refractivity contribution in [2.75, 3.05) is 22.5 Å². The fourth-order valence-corrected chi connectivity index (χ4v) is 2.29. The Morgan fingerprint density at radius 1 is 1.24 bits per heavy atom. The number of fused-ring (bicyclic) bond motifs is 1. The number of amides is 2. The van der Waals surface area contributed by atoms with E-state index in [9.17, 15) is 14.7 Å². The van der Waals surface area contributed by atoms with Crippen molar-refractivity contribution in [2.45, 2.75) is 0 Å². The monoisotopic (exact) mass is 283 g/mol. The molecule has 2 amide bonds. The largest absolute Gasteiger partial charge is 0.508 e. The minimum absolute atomic E-state index is 0.0534. The third-order valence-corrected chi connectivity index (χ3v) is 3.28. The van der Waals surface area contributed by atoms with Gasteiger partial charge in [-0.15, -0.1) is 0 Å². The van der Waals surface area contributed by atoms with E-state index in [0.717, 1.165) is 0 Å². The molecule has 1 aliphatic rings. The van der Waals surface area contributed by atoms with Gasteiger partial charge in [-0.25, -0.2) is 0 Å². The van der Waals surface area contributed by atoms with Gasteiger partial charge in [-0.05, 0) is 30.3 Å². The van der Waals surface area contributed by atoms with Crippen molar-refractivity contribution in [1.82, 2.24) is 0 Å². The second kappa shape index (κ2) is 4.82. The molecule has 1 aliphatic heterocycles. The first kappa shape index (κ1) is 13.0. The Kier molecular flexibility index (Phi) is 2.98. The highest BCUT2D eigenvalue weighted by Gasteiger charge is 2.28. The average Bonchev–Trinajstić information content (AvgIpc) is 2.48. The molecular weight excluding hydrogens is 270 g/mol. The summed E-state index contributed by atoms with van der Waals surface area (Å²) in [5.41, 5.74) is 7.38. The summed E-state index contributed by atoms with van der Waals surface area (Å²) in [4.78, 5) is 25.7. The number of nitrogen functional groups attached to an aromatic ring is 1. The number of rotatable bonds is 1.